The van der Waals surface area contributed by atoms with Crippen LogP contribution in [0.1, 0.15) is 32.6 Å². The number of likely N-dealkylation sites (N-methyl/N-ethyl adjacent to an activating group) is 1. The lowest BCUT2D eigenvalue weighted by Gasteiger charge is -2.46. The zero-order valence-corrected chi connectivity index (χ0v) is 14.2. The second-order valence-corrected chi connectivity index (χ2v) is 7.26. The molecule has 0 aromatic carbocycles. The van der Waals surface area contributed by atoms with Gasteiger partial charge < -0.3 is 14.8 Å². The molecule has 5 heteroatoms. The van der Waals surface area contributed by atoms with Crippen molar-refractivity contribution < 1.29 is 0 Å². The fourth-order valence-electron chi connectivity index (χ4n) is 4.06. The summed E-state index contributed by atoms with van der Waals surface area (Å²) in [4.78, 5) is 9.36. The zero-order chi connectivity index (χ0) is 15.4. The van der Waals surface area contributed by atoms with Crippen LogP contribution in [0, 0.1) is 0 Å². The average molecular weight is 305 g/mol. The first-order valence-electron chi connectivity index (χ1n) is 8.81. The predicted octanol–water partition coefficient (Wildman–Crippen LogP) is 1.42. The van der Waals surface area contributed by atoms with Gasteiger partial charge >= 0.3 is 0 Å². The topological polar surface area (TPSA) is 36.3 Å². The SMILES string of the molecule is CC(Cn1ccnc1)NCC1(N2CCN(C)CC2)CCCC1. The van der Waals surface area contributed by atoms with Crippen molar-refractivity contribution in [3.05, 3.63) is 18.7 Å². The molecule has 2 aliphatic rings. The van der Waals surface area contributed by atoms with Crippen molar-refractivity contribution in [1.82, 2.24) is 24.7 Å². The summed E-state index contributed by atoms with van der Waals surface area (Å²) in [5.41, 5.74) is 0.407. The first-order valence-corrected chi connectivity index (χ1v) is 8.81. The van der Waals surface area contributed by atoms with Crippen molar-refractivity contribution in [1.29, 1.82) is 0 Å². The van der Waals surface area contributed by atoms with E-state index in [1.54, 1.807) is 0 Å². The van der Waals surface area contributed by atoms with Gasteiger partial charge in [-0.2, -0.15) is 0 Å². The number of piperazine rings is 1. The normalized spacial score (nSPS) is 24.6. The molecule has 1 N–H and O–H groups in total. The molecule has 1 aliphatic carbocycles. The molecule has 0 amide bonds. The van der Waals surface area contributed by atoms with Crippen LogP contribution < -0.4 is 5.32 Å². The maximum absolute atomic E-state index is 4.13. The van der Waals surface area contributed by atoms with Crippen LogP contribution in [0.25, 0.3) is 0 Å². The zero-order valence-electron chi connectivity index (χ0n) is 14.2. The van der Waals surface area contributed by atoms with Gasteiger partial charge in [-0.25, -0.2) is 4.98 Å². The Labute approximate surface area is 134 Å². The van der Waals surface area contributed by atoms with Gasteiger partial charge in [-0.1, -0.05) is 12.8 Å². The summed E-state index contributed by atoms with van der Waals surface area (Å²) in [6, 6.07) is 0.485. The number of nitrogens with zero attached hydrogens (tertiary/aromatic N) is 4. The predicted molar refractivity (Wildman–Crippen MR) is 90.0 cm³/mol. The van der Waals surface area contributed by atoms with Crippen LogP contribution in [0.3, 0.4) is 0 Å². The standard InChI is InChI=1S/C17H31N5/c1-16(13-21-8-7-18-15-21)19-14-17(5-3-4-6-17)22-11-9-20(2)10-12-22/h7-8,15-16,19H,3-6,9-14H2,1-2H3. The molecule has 1 aromatic heterocycles. The molecule has 2 heterocycles. The summed E-state index contributed by atoms with van der Waals surface area (Å²) in [7, 11) is 2.24. The molecule has 1 saturated heterocycles. The molecule has 0 bridgehead atoms. The minimum absolute atomic E-state index is 0.407. The monoisotopic (exact) mass is 305 g/mol. The molecule has 5 nitrogen and oxygen atoms in total. The highest BCUT2D eigenvalue weighted by Crippen LogP contribution is 2.35. The van der Waals surface area contributed by atoms with E-state index in [2.05, 4.69) is 38.6 Å². The summed E-state index contributed by atoms with van der Waals surface area (Å²) < 4.78 is 2.16. The lowest BCUT2D eigenvalue weighted by atomic mass is 9.93. The third-order valence-corrected chi connectivity index (χ3v) is 5.53. The van der Waals surface area contributed by atoms with Crippen molar-refractivity contribution in [2.45, 2.75) is 50.7 Å². The van der Waals surface area contributed by atoms with Crippen LogP contribution in [0.2, 0.25) is 0 Å². The highest BCUT2D eigenvalue weighted by Gasteiger charge is 2.40. The molecule has 124 valence electrons. The molecule has 1 aromatic rings. The van der Waals surface area contributed by atoms with Gasteiger partial charge in [0.15, 0.2) is 0 Å². The van der Waals surface area contributed by atoms with Gasteiger partial charge in [0, 0.05) is 63.2 Å². The largest absolute Gasteiger partial charge is 0.336 e. The second kappa shape index (κ2) is 7.11. The van der Waals surface area contributed by atoms with Crippen LogP contribution in [0.15, 0.2) is 18.7 Å². The van der Waals surface area contributed by atoms with E-state index in [1.807, 2.05) is 18.7 Å². The Kier molecular flexibility index (Phi) is 5.16. The van der Waals surface area contributed by atoms with E-state index in [4.69, 9.17) is 0 Å². The Morgan fingerprint density at radius 2 is 1.91 bits per heavy atom. The van der Waals surface area contributed by atoms with Crippen LogP contribution in [-0.2, 0) is 6.54 Å². The average Bonchev–Trinajstić information content (AvgIpc) is 3.18. The Morgan fingerprint density at radius 1 is 1.18 bits per heavy atom. The number of nitrogens with one attached hydrogen (secondary N) is 1. The molecule has 0 radical (unpaired) electrons. The molecule has 3 rings (SSSR count). The first-order chi connectivity index (χ1) is 10.7. The van der Waals surface area contributed by atoms with E-state index < -0.39 is 0 Å². The van der Waals surface area contributed by atoms with Gasteiger partial charge in [-0.05, 0) is 26.8 Å². The van der Waals surface area contributed by atoms with E-state index in [-0.39, 0.29) is 0 Å². The summed E-state index contributed by atoms with van der Waals surface area (Å²) in [6.07, 6.45) is 11.3. The number of aromatic nitrogens is 2. The van der Waals surface area contributed by atoms with Crippen molar-refractivity contribution in [3.8, 4) is 0 Å². The maximum Gasteiger partial charge on any atom is 0.0946 e. The van der Waals surface area contributed by atoms with Gasteiger partial charge in [0.2, 0.25) is 0 Å². The number of imidazole rings is 1. The Morgan fingerprint density at radius 3 is 2.55 bits per heavy atom. The molecule has 22 heavy (non-hydrogen) atoms. The van der Waals surface area contributed by atoms with Crippen LogP contribution in [0.4, 0.5) is 0 Å². The van der Waals surface area contributed by atoms with Gasteiger partial charge in [-0.15, -0.1) is 0 Å². The highest BCUT2D eigenvalue weighted by molar-refractivity contribution is 4.98. The number of hydrogen-bond donors (Lipinski definition) is 1. The lowest BCUT2D eigenvalue weighted by molar-refractivity contribution is 0.0409. The van der Waals surface area contributed by atoms with E-state index in [1.165, 1.54) is 51.9 Å². The van der Waals surface area contributed by atoms with Crippen LogP contribution >= 0.6 is 0 Å². The van der Waals surface area contributed by atoms with Crippen LogP contribution in [-0.4, -0.2) is 70.7 Å². The van der Waals surface area contributed by atoms with Crippen LogP contribution in [0.5, 0.6) is 0 Å². The van der Waals surface area contributed by atoms with E-state index in [0.717, 1.165) is 13.1 Å². The van der Waals surface area contributed by atoms with Crippen molar-refractivity contribution in [2.75, 3.05) is 39.8 Å². The quantitative estimate of drug-likeness (QED) is 0.862. The third-order valence-electron chi connectivity index (χ3n) is 5.53. The molecule has 1 aliphatic heterocycles. The fraction of sp³-hybridized carbons (Fsp3) is 0.824. The molecule has 0 spiro atoms. The van der Waals surface area contributed by atoms with Crippen molar-refractivity contribution in [3.63, 3.8) is 0 Å². The maximum atomic E-state index is 4.13. The minimum Gasteiger partial charge on any atom is -0.336 e. The fourth-order valence-corrected chi connectivity index (χ4v) is 4.06. The molecule has 2 fully saturated rings. The summed E-state index contributed by atoms with van der Waals surface area (Å²) in [5.74, 6) is 0. The highest BCUT2D eigenvalue weighted by atomic mass is 15.3. The van der Waals surface area contributed by atoms with Gasteiger partial charge in [0.25, 0.3) is 0 Å². The van der Waals surface area contributed by atoms with Crippen molar-refractivity contribution >= 4 is 0 Å². The summed E-state index contributed by atoms with van der Waals surface area (Å²) in [5, 5.41) is 3.81. The second-order valence-electron chi connectivity index (χ2n) is 7.26. The van der Waals surface area contributed by atoms with E-state index in [9.17, 15) is 0 Å². The molecule has 1 unspecified atom stereocenters. The molecule has 1 saturated carbocycles. The Bertz CT molecular complexity index is 430. The third kappa shape index (κ3) is 3.70. The van der Waals surface area contributed by atoms with E-state index in [0.29, 0.717) is 11.6 Å². The summed E-state index contributed by atoms with van der Waals surface area (Å²) >= 11 is 0. The number of rotatable bonds is 6. The molecular formula is C17H31N5. The summed E-state index contributed by atoms with van der Waals surface area (Å²) in [6.45, 7) is 9.30. The molecular weight excluding hydrogens is 274 g/mol. The smallest absolute Gasteiger partial charge is 0.0946 e. The lowest BCUT2D eigenvalue weighted by Crippen LogP contribution is -2.59. The number of hydrogen-bond acceptors (Lipinski definition) is 4. The van der Waals surface area contributed by atoms with E-state index >= 15 is 0 Å². The van der Waals surface area contributed by atoms with Gasteiger partial charge in [-0.3, -0.25) is 4.90 Å². The Hall–Kier alpha value is -0.910. The minimum atomic E-state index is 0.407. The van der Waals surface area contributed by atoms with Crippen molar-refractivity contribution in [2.24, 2.45) is 0 Å². The molecule has 1 atom stereocenters. The van der Waals surface area contributed by atoms with Gasteiger partial charge in [0.05, 0.1) is 6.33 Å². The first kappa shape index (κ1) is 16.0. The van der Waals surface area contributed by atoms with Gasteiger partial charge in [0.1, 0.15) is 0 Å². The Balaban J connectivity index is 1.55.